The van der Waals surface area contributed by atoms with E-state index in [-0.39, 0.29) is 24.2 Å². The van der Waals surface area contributed by atoms with E-state index in [0.717, 1.165) is 0 Å². The maximum Gasteiger partial charge on any atom is 0.253 e. The number of aliphatic hydroxyl groups is 1. The minimum absolute atomic E-state index is 0.0290. The average molecular weight is 306 g/mol. The van der Waals surface area contributed by atoms with Gasteiger partial charge in [-0.3, -0.25) is 9.59 Å². The van der Waals surface area contributed by atoms with Crippen LogP contribution in [0.3, 0.4) is 0 Å². The van der Waals surface area contributed by atoms with E-state index in [4.69, 9.17) is 0 Å². The van der Waals surface area contributed by atoms with Crippen LogP contribution in [0.15, 0.2) is 24.3 Å². The van der Waals surface area contributed by atoms with Crippen molar-refractivity contribution in [1.29, 1.82) is 0 Å². The van der Waals surface area contributed by atoms with Crippen molar-refractivity contribution in [2.75, 3.05) is 18.4 Å². The highest BCUT2D eigenvalue weighted by molar-refractivity contribution is 5.97. The Hall–Kier alpha value is -1.88. The molecule has 0 aliphatic rings. The number of aliphatic hydroxyl groups excluding tert-OH is 1. The van der Waals surface area contributed by atoms with Gasteiger partial charge >= 0.3 is 0 Å². The van der Waals surface area contributed by atoms with Crippen molar-refractivity contribution in [2.24, 2.45) is 5.92 Å². The van der Waals surface area contributed by atoms with Gasteiger partial charge in [0.1, 0.15) is 0 Å². The van der Waals surface area contributed by atoms with Crippen molar-refractivity contribution in [3.8, 4) is 0 Å². The zero-order chi connectivity index (χ0) is 16.7. The number of carbonyl (C=O) groups is 2. The van der Waals surface area contributed by atoms with Crippen LogP contribution in [0, 0.1) is 5.92 Å². The average Bonchev–Trinajstić information content (AvgIpc) is 2.48. The largest absolute Gasteiger partial charge is 0.392 e. The molecule has 0 aliphatic heterocycles. The fourth-order valence-electron chi connectivity index (χ4n) is 2.06. The molecule has 0 spiro atoms. The smallest absolute Gasteiger partial charge is 0.253 e. The Kier molecular flexibility index (Phi) is 7.05. The number of nitrogens with one attached hydrogen (secondary N) is 1. The lowest BCUT2D eigenvalue weighted by molar-refractivity contribution is -0.118. The Morgan fingerprint density at radius 2 is 1.86 bits per heavy atom. The second-order valence-corrected chi connectivity index (χ2v) is 5.62. The number of amides is 2. The highest BCUT2D eigenvalue weighted by atomic mass is 16.3. The van der Waals surface area contributed by atoms with Crippen molar-refractivity contribution in [3.63, 3.8) is 0 Å². The van der Waals surface area contributed by atoms with Crippen LogP contribution in [-0.2, 0) is 4.79 Å². The summed E-state index contributed by atoms with van der Waals surface area (Å²) in [5, 5.41) is 12.5. The van der Waals surface area contributed by atoms with Gasteiger partial charge in [0, 0.05) is 24.3 Å². The summed E-state index contributed by atoms with van der Waals surface area (Å²) in [7, 11) is 0. The molecule has 1 atom stereocenters. The Morgan fingerprint density at radius 3 is 2.41 bits per heavy atom. The molecule has 1 aromatic carbocycles. The van der Waals surface area contributed by atoms with Crippen LogP contribution in [0.1, 0.15) is 44.5 Å². The van der Waals surface area contributed by atoms with E-state index in [0.29, 0.717) is 24.3 Å². The first-order valence-corrected chi connectivity index (χ1v) is 7.76. The second-order valence-electron chi connectivity index (χ2n) is 5.62. The lowest BCUT2D eigenvalue weighted by atomic mass is 10.0. The van der Waals surface area contributed by atoms with Crippen LogP contribution in [0.2, 0.25) is 0 Å². The number of carbonyl (C=O) groups excluding carboxylic acids is 2. The van der Waals surface area contributed by atoms with E-state index in [1.807, 2.05) is 27.7 Å². The molecule has 1 aromatic rings. The molecule has 2 amide bonds. The van der Waals surface area contributed by atoms with Gasteiger partial charge in [-0.25, -0.2) is 0 Å². The summed E-state index contributed by atoms with van der Waals surface area (Å²) >= 11 is 0. The highest BCUT2D eigenvalue weighted by Crippen LogP contribution is 2.14. The molecule has 5 heteroatoms. The highest BCUT2D eigenvalue weighted by Gasteiger charge is 2.16. The number of hydrogen-bond donors (Lipinski definition) is 2. The fourth-order valence-corrected chi connectivity index (χ4v) is 2.06. The van der Waals surface area contributed by atoms with Crippen molar-refractivity contribution < 1.29 is 14.7 Å². The van der Waals surface area contributed by atoms with Crippen LogP contribution >= 0.6 is 0 Å². The second kappa shape index (κ2) is 8.54. The summed E-state index contributed by atoms with van der Waals surface area (Å²) in [4.78, 5) is 25.9. The third-order valence-electron chi connectivity index (χ3n) is 3.61. The first-order valence-electron chi connectivity index (χ1n) is 7.76. The van der Waals surface area contributed by atoms with E-state index in [2.05, 4.69) is 5.32 Å². The minimum Gasteiger partial charge on any atom is -0.392 e. The van der Waals surface area contributed by atoms with E-state index >= 15 is 0 Å². The van der Waals surface area contributed by atoms with Crippen molar-refractivity contribution in [2.45, 2.75) is 40.2 Å². The maximum atomic E-state index is 12.3. The number of hydrogen-bond acceptors (Lipinski definition) is 3. The zero-order valence-electron chi connectivity index (χ0n) is 13.8. The first-order chi connectivity index (χ1) is 10.4. The van der Waals surface area contributed by atoms with Gasteiger partial charge in [-0.05, 0) is 38.0 Å². The van der Waals surface area contributed by atoms with E-state index in [1.54, 1.807) is 29.2 Å². The Balaban J connectivity index is 2.76. The predicted octanol–water partition coefficient (Wildman–Crippen LogP) is 2.51. The summed E-state index contributed by atoms with van der Waals surface area (Å²) in [6.45, 7) is 8.88. The predicted molar refractivity (Wildman–Crippen MR) is 87.8 cm³/mol. The van der Waals surface area contributed by atoms with Gasteiger partial charge in [0.25, 0.3) is 5.91 Å². The monoisotopic (exact) mass is 306 g/mol. The van der Waals surface area contributed by atoms with E-state index < -0.39 is 6.10 Å². The Bertz CT molecular complexity index is 510. The molecule has 2 N–H and O–H groups in total. The van der Waals surface area contributed by atoms with Crippen molar-refractivity contribution in [3.05, 3.63) is 29.8 Å². The summed E-state index contributed by atoms with van der Waals surface area (Å²) in [6, 6.07) is 6.88. The van der Waals surface area contributed by atoms with Crippen LogP contribution in [0.25, 0.3) is 0 Å². The van der Waals surface area contributed by atoms with Crippen molar-refractivity contribution in [1.82, 2.24) is 4.90 Å². The van der Waals surface area contributed by atoms with Gasteiger partial charge in [0.15, 0.2) is 0 Å². The molecular formula is C17H26N2O3. The summed E-state index contributed by atoms with van der Waals surface area (Å²) in [6.07, 6.45) is -0.619. The number of benzene rings is 1. The molecule has 0 fully saturated rings. The molecule has 0 aliphatic carbocycles. The standard InChI is InChI=1S/C17H26N2O3/c1-5-19(6-2)17(22)13-8-7-9-14(10-13)18-16(21)11-15(20)12(3)4/h7-10,12,15,20H,5-6,11H2,1-4H3,(H,18,21). The summed E-state index contributed by atoms with van der Waals surface area (Å²) < 4.78 is 0. The molecule has 0 saturated carbocycles. The van der Waals surface area contributed by atoms with Gasteiger partial charge in [-0.1, -0.05) is 19.9 Å². The van der Waals surface area contributed by atoms with E-state index in [9.17, 15) is 14.7 Å². The van der Waals surface area contributed by atoms with Crippen molar-refractivity contribution >= 4 is 17.5 Å². The van der Waals surface area contributed by atoms with Crippen LogP contribution in [-0.4, -0.2) is 41.0 Å². The van der Waals surface area contributed by atoms with Gasteiger partial charge in [-0.15, -0.1) is 0 Å². The Labute approximate surface area is 132 Å². The molecular weight excluding hydrogens is 280 g/mol. The van der Waals surface area contributed by atoms with Gasteiger partial charge in [0.05, 0.1) is 12.5 Å². The zero-order valence-corrected chi connectivity index (χ0v) is 13.8. The topological polar surface area (TPSA) is 69.6 Å². The molecule has 0 aromatic heterocycles. The lowest BCUT2D eigenvalue weighted by Crippen LogP contribution is -2.30. The van der Waals surface area contributed by atoms with Gasteiger partial charge in [0.2, 0.25) is 5.91 Å². The van der Waals surface area contributed by atoms with Crippen LogP contribution in [0.4, 0.5) is 5.69 Å². The van der Waals surface area contributed by atoms with Crippen LogP contribution < -0.4 is 5.32 Å². The molecule has 0 saturated heterocycles. The number of anilines is 1. The summed E-state index contributed by atoms with van der Waals surface area (Å²) in [5.74, 6) is -0.279. The molecule has 1 rings (SSSR count). The SMILES string of the molecule is CCN(CC)C(=O)c1cccc(NC(=O)CC(O)C(C)C)c1. The number of rotatable bonds is 7. The van der Waals surface area contributed by atoms with E-state index in [1.165, 1.54) is 0 Å². The molecule has 0 radical (unpaired) electrons. The third-order valence-corrected chi connectivity index (χ3v) is 3.61. The minimum atomic E-state index is -0.666. The quantitative estimate of drug-likeness (QED) is 0.813. The molecule has 122 valence electrons. The third kappa shape index (κ3) is 5.15. The maximum absolute atomic E-state index is 12.3. The lowest BCUT2D eigenvalue weighted by Gasteiger charge is -2.19. The van der Waals surface area contributed by atoms with Crippen LogP contribution in [0.5, 0.6) is 0 Å². The van der Waals surface area contributed by atoms with Gasteiger partial charge in [-0.2, -0.15) is 0 Å². The normalized spacial score (nSPS) is 12.1. The molecule has 22 heavy (non-hydrogen) atoms. The molecule has 0 heterocycles. The molecule has 5 nitrogen and oxygen atoms in total. The summed E-state index contributed by atoms with van der Waals surface area (Å²) in [5.41, 5.74) is 1.12. The molecule has 0 bridgehead atoms. The molecule has 1 unspecified atom stereocenters. The number of nitrogens with zero attached hydrogens (tertiary/aromatic N) is 1. The Morgan fingerprint density at radius 1 is 1.23 bits per heavy atom. The first kappa shape index (κ1) is 18.2. The van der Waals surface area contributed by atoms with Gasteiger partial charge < -0.3 is 15.3 Å². The fraction of sp³-hybridized carbons (Fsp3) is 0.529.